The molecule has 0 atom stereocenters. The van der Waals surface area contributed by atoms with E-state index < -0.39 is 5.91 Å². The molecule has 0 fully saturated rings. The molecule has 102 valence electrons. The Morgan fingerprint density at radius 3 is 2.45 bits per heavy atom. The molecule has 0 unspecified atom stereocenters. The third-order valence-electron chi connectivity index (χ3n) is 2.98. The molecule has 1 aromatic heterocycles. The summed E-state index contributed by atoms with van der Waals surface area (Å²) in [6, 6.07) is 13.3. The fourth-order valence-corrected chi connectivity index (χ4v) is 2.17. The zero-order valence-electron chi connectivity index (χ0n) is 10.5. The molecule has 0 saturated heterocycles. The Kier molecular flexibility index (Phi) is 3.63. The monoisotopic (exact) mass is 288 g/mol. The van der Waals surface area contributed by atoms with Gasteiger partial charge in [-0.2, -0.15) is 4.99 Å². The van der Waals surface area contributed by atoms with Crippen molar-refractivity contribution < 1.29 is 4.79 Å². The molecule has 6 heteroatoms. The predicted molar refractivity (Wildman–Crippen MR) is 83.2 cm³/mol. The van der Waals surface area contributed by atoms with Crippen LogP contribution in [0, 0.1) is 0 Å². The maximum absolute atomic E-state index is 11.8. The van der Waals surface area contributed by atoms with E-state index in [1.807, 2.05) is 30.3 Å². The van der Waals surface area contributed by atoms with Crippen LogP contribution in [0.1, 0.15) is 10.4 Å². The number of carbonyl (C=O) groups is 1. The van der Waals surface area contributed by atoms with Crippen LogP contribution < -0.4 is 11.5 Å². The Morgan fingerprint density at radius 2 is 1.70 bits per heavy atom. The Balaban J connectivity index is 0.00000147. The number of aliphatic imine (C=N–C) groups is 1. The second-order valence-electron chi connectivity index (χ2n) is 4.27. The second kappa shape index (κ2) is 5.22. The Bertz CT molecular complexity index is 818. The van der Waals surface area contributed by atoms with E-state index in [-0.39, 0.29) is 18.4 Å². The van der Waals surface area contributed by atoms with Gasteiger partial charge in [0.1, 0.15) is 0 Å². The van der Waals surface area contributed by atoms with Crippen molar-refractivity contribution in [1.82, 2.24) is 4.98 Å². The highest BCUT2D eigenvalue weighted by Crippen LogP contribution is 2.25. The van der Waals surface area contributed by atoms with Gasteiger partial charge in [-0.05, 0) is 18.2 Å². The van der Waals surface area contributed by atoms with Crippen LogP contribution in [0.3, 0.4) is 0 Å². The minimum Gasteiger partial charge on any atom is -0.370 e. The van der Waals surface area contributed by atoms with Crippen LogP contribution in [0.4, 0.5) is 0 Å². The van der Waals surface area contributed by atoms with E-state index in [2.05, 4.69) is 9.98 Å². The first-order valence-electron chi connectivity index (χ1n) is 5.79. The maximum Gasteiger partial charge on any atom is 0.280 e. The molecule has 0 saturated carbocycles. The standard InChI is InChI=1S/C14H12N4O.ClH/c15-14(16)18-13(19)8-5-6-10-9-3-1-2-4-11(9)17-12(10)7-8;/h1-7,17H,(H4,15,16,18,19);1H. The van der Waals surface area contributed by atoms with Gasteiger partial charge in [-0.1, -0.05) is 24.3 Å². The van der Waals surface area contributed by atoms with Crippen molar-refractivity contribution in [3.05, 3.63) is 48.0 Å². The number of aromatic nitrogens is 1. The third kappa shape index (κ3) is 2.31. The average Bonchev–Trinajstić information content (AvgIpc) is 2.75. The largest absolute Gasteiger partial charge is 0.370 e. The molecule has 2 aromatic carbocycles. The van der Waals surface area contributed by atoms with Crippen molar-refractivity contribution in [2.45, 2.75) is 0 Å². The fourth-order valence-electron chi connectivity index (χ4n) is 2.17. The zero-order chi connectivity index (χ0) is 13.4. The first-order chi connectivity index (χ1) is 9.15. The normalized spacial score (nSPS) is 10.2. The van der Waals surface area contributed by atoms with Crippen molar-refractivity contribution in [2.24, 2.45) is 16.5 Å². The molecule has 0 aliphatic heterocycles. The molecule has 0 radical (unpaired) electrons. The lowest BCUT2D eigenvalue weighted by atomic mass is 10.1. The summed E-state index contributed by atoms with van der Waals surface area (Å²) in [4.78, 5) is 18.5. The van der Waals surface area contributed by atoms with Crippen molar-refractivity contribution in [3.8, 4) is 0 Å². The molecule has 1 amide bonds. The number of nitrogens with one attached hydrogen (secondary N) is 1. The topological polar surface area (TPSA) is 97.3 Å². The number of hydrogen-bond acceptors (Lipinski definition) is 1. The van der Waals surface area contributed by atoms with Crippen LogP contribution in [-0.2, 0) is 0 Å². The minimum atomic E-state index is -0.444. The molecular weight excluding hydrogens is 276 g/mol. The smallest absolute Gasteiger partial charge is 0.280 e. The number of hydrogen-bond donors (Lipinski definition) is 3. The van der Waals surface area contributed by atoms with Gasteiger partial charge in [0.15, 0.2) is 5.96 Å². The highest BCUT2D eigenvalue weighted by molar-refractivity contribution is 6.10. The number of nitrogens with two attached hydrogens (primary N) is 2. The molecule has 5 nitrogen and oxygen atoms in total. The highest BCUT2D eigenvalue weighted by Gasteiger charge is 2.08. The molecule has 3 aromatic rings. The molecule has 0 spiro atoms. The summed E-state index contributed by atoms with van der Waals surface area (Å²) in [6.45, 7) is 0. The number of rotatable bonds is 1. The Hall–Kier alpha value is -2.53. The number of guanidine groups is 1. The number of benzene rings is 2. The molecular formula is C14H13ClN4O. The van der Waals surface area contributed by atoms with Crippen LogP contribution in [0.5, 0.6) is 0 Å². The van der Waals surface area contributed by atoms with E-state index in [9.17, 15) is 4.79 Å². The van der Waals surface area contributed by atoms with E-state index in [4.69, 9.17) is 11.5 Å². The minimum absolute atomic E-state index is 0. The number of amides is 1. The van der Waals surface area contributed by atoms with E-state index in [0.29, 0.717) is 5.56 Å². The summed E-state index contributed by atoms with van der Waals surface area (Å²) in [5, 5.41) is 2.19. The van der Waals surface area contributed by atoms with Gasteiger partial charge in [0.25, 0.3) is 5.91 Å². The molecule has 0 aliphatic rings. The summed E-state index contributed by atoms with van der Waals surface area (Å²) in [7, 11) is 0. The first kappa shape index (κ1) is 13.9. The van der Waals surface area contributed by atoms with Gasteiger partial charge in [0, 0.05) is 27.4 Å². The van der Waals surface area contributed by atoms with Gasteiger partial charge >= 0.3 is 0 Å². The molecule has 20 heavy (non-hydrogen) atoms. The van der Waals surface area contributed by atoms with Gasteiger partial charge in [-0.3, -0.25) is 4.79 Å². The van der Waals surface area contributed by atoms with E-state index in [0.717, 1.165) is 21.8 Å². The number of H-pyrrole nitrogens is 1. The predicted octanol–water partition coefficient (Wildman–Crippen LogP) is 2.16. The van der Waals surface area contributed by atoms with Crippen LogP contribution in [0.25, 0.3) is 21.8 Å². The second-order valence-corrected chi connectivity index (χ2v) is 4.27. The maximum atomic E-state index is 11.8. The number of para-hydroxylation sites is 1. The molecule has 5 N–H and O–H groups in total. The van der Waals surface area contributed by atoms with E-state index in [1.165, 1.54) is 0 Å². The number of fused-ring (bicyclic) bond motifs is 3. The average molecular weight is 289 g/mol. The zero-order valence-corrected chi connectivity index (χ0v) is 11.3. The van der Waals surface area contributed by atoms with Gasteiger partial charge in [-0.15, -0.1) is 12.4 Å². The van der Waals surface area contributed by atoms with Crippen LogP contribution >= 0.6 is 12.4 Å². The van der Waals surface area contributed by atoms with Crippen molar-refractivity contribution >= 4 is 46.1 Å². The number of carbonyl (C=O) groups excluding carboxylic acids is 1. The number of nitrogens with zero attached hydrogens (tertiary/aromatic N) is 1. The van der Waals surface area contributed by atoms with Crippen molar-refractivity contribution in [1.29, 1.82) is 0 Å². The number of halogens is 1. The van der Waals surface area contributed by atoms with Crippen LogP contribution in [-0.4, -0.2) is 16.9 Å². The molecule has 0 aliphatic carbocycles. The molecule has 3 rings (SSSR count). The summed E-state index contributed by atoms with van der Waals surface area (Å²) in [6.07, 6.45) is 0. The molecule has 1 heterocycles. The van der Waals surface area contributed by atoms with Gasteiger partial charge in [0.05, 0.1) is 0 Å². The lowest BCUT2D eigenvalue weighted by Crippen LogP contribution is -2.24. The molecule has 0 bridgehead atoms. The summed E-state index contributed by atoms with van der Waals surface area (Å²) < 4.78 is 0. The van der Waals surface area contributed by atoms with Gasteiger partial charge < -0.3 is 16.5 Å². The number of aromatic amines is 1. The van der Waals surface area contributed by atoms with Crippen LogP contribution in [0.2, 0.25) is 0 Å². The lowest BCUT2D eigenvalue weighted by Gasteiger charge is -1.97. The van der Waals surface area contributed by atoms with Crippen molar-refractivity contribution in [2.75, 3.05) is 0 Å². The van der Waals surface area contributed by atoms with Crippen LogP contribution in [0.15, 0.2) is 47.5 Å². The Labute approximate surface area is 121 Å². The van der Waals surface area contributed by atoms with E-state index >= 15 is 0 Å². The van der Waals surface area contributed by atoms with Gasteiger partial charge in [0.2, 0.25) is 0 Å². The SMILES string of the molecule is Cl.NC(N)=NC(=O)c1ccc2c(c1)[nH]c1ccccc12. The third-order valence-corrected chi connectivity index (χ3v) is 2.98. The highest BCUT2D eigenvalue weighted by atomic mass is 35.5. The lowest BCUT2D eigenvalue weighted by molar-refractivity contribution is 0.100. The fraction of sp³-hybridized carbons (Fsp3) is 0. The summed E-state index contributed by atoms with van der Waals surface area (Å²) in [5.74, 6) is -0.678. The first-order valence-corrected chi connectivity index (χ1v) is 5.79. The van der Waals surface area contributed by atoms with Gasteiger partial charge in [-0.25, -0.2) is 0 Å². The summed E-state index contributed by atoms with van der Waals surface area (Å²) >= 11 is 0. The Morgan fingerprint density at radius 1 is 1.00 bits per heavy atom. The van der Waals surface area contributed by atoms with Crippen molar-refractivity contribution in [3.63, 3.8) is 0 Å². The van der Waals surface area contributed by atoms with E-state index in [1.54, 1.807) is 12.1 Å². The summed E-state index contributed by atoms with van der Waals surface area (Å²) in [5.41, 5.74) is 12.8. The quantitative estimate of drug-likeness (QED) is 0.473.